The molecule has 1 aromatic carbocycles. The molecule has 1 amide bonds. The minimum absolute atomic E-state index is 0.0376. The van der Waals surface area contributed by atoms with Crippen LogP contribution in [0.4, 0.5) is 0 Å². The van der Waals surface area contributed by atoms with Gasteiger partial charge in [0.2, 0.25) is 5.91 Å². The first-order valence-corrected chi connectivity index (χ1v) is 7.68. The van der Waals surface area contributed by atoms with Crippen molar-refractivity contribution in [3.05, 3.63) is 35.4 Å². The number of nitrogens with zero attached hydrogens (tertiary/aromatic N) is 1. The molecule has 22 heavy (non-hydrogen) atoms. The number of likely N-dealkylation sites (tertiary alicyclic amines) is 1. The van der Waals surface area contributed by atoms with Gasteiger partial charge < -0.3 is 14.7 Å². The number of hydrogen-bond acceptors (Lipinski definition) is 3. The maximum atomic E-state index is 12.4. The van der Waals surface area contributed by atoms with Crippen molar-refractivity contribution in [2.45, 2.75) is 32.8 Å². The Morgan fingerprint density at radius 2 is 2.09 bits per heavy atom. The molecule has 0 bridgehead atoms. The summed E-state index contributed by atoms with van der Waals surface area (Å²) in [6.45, 7) is 6.17. The van der Waals surface area contributed by atoms with Crippen molar-refractivity contribution in [1.29, 1.82) is 0 Å². The topological polar surface area (TPSA) is 66.8 Å². The lowest BCUT2D eigenvalue weighted by Gasteiger charge is -2.18. The highest BCUT2D eigenvalue weighted by atomic mass is 16.5. The standard InChI is InChI=1S/C17H23NO4/c1-12(2)11-22-14-7-8-18(10-14)16(19)9-13-5-3-4-6-15(13)17(20)21/h3-6,12,14H,7-11H2,1-2H3,(H,20,21). The third-order valence-corrected chi connectivity index (χ3v) is 3.75. The summed E-state index contributed by atoms with van der Waals surface area (Å²) in [6.07, 6.45) is 1.07. The van der Waals surface area contributed by atoms with Gasteiger partial charge >= 0.3 is 5.97 Å². The normalized spacial score (nSPS) is 18.0. The van der Waals surface area contributed by atoms with E-state index in [1.54, 1.807) is 23.1 Å². The lowest BCUT2D eigenvalue weighted by molar-refractivity contribution is -0.130. The smallest absolute Gasteiger partial charge is 0.335 e. The molecule has 1 atom stereocenters. The second kappa shape index (κ2) is 7.40. The Hall–Kier alpha value is -1.88. The summed E-state index contributed by atoms with van der Waals surface area (Å²) in [5, 5.41) is 9.16. The fraction of sp³-hybridized carbons (Fsp3) is 0.529. The quantitative estimate of drug-likeness (QED) is 0.875. The average Bonchev–Trinajstić information content (AvgIpc) is 2.94. The van der Waals surface area contributed by atoms with Crippen LogP contribution < -0.4 is 0 Å². The summed E-state index contributed by atoms with van der Waals surface area (Å²) in [5.74, 6) is -0.556. The Labute approximate surface area is 130 Å². The van der Waals surface area contributed by atoms with Crippen molar-refractivity contribution in [1.82, 2.24) is 4.90 Å². The summed E-state index contributed by atoms with van der Waals surface area (Å²) in [5.41, 5.74) is 0.759. The second-order valence-electron chi connectivity index (χ2n) is 6.12. The zero-order valence-electron chi connectivity index (χ0n) is 13.1. The minimum Gasteiger partial charge on any atom is -0.478 e. The van der Waals surface area contributed by atoms with Gasteiger partial charge in [0.25, 0.3) is 0 Å². The van der Waals surface area contributed by atoms with Crippen LogP contribution in [0.2, 0.25) is 0 Å². The number of carbonyl (C=O) groups excluding carboxylic acids is 1. The van der Waals surface area contributed by atoms with E-state index in [0.717, 1.165) is 6.42 Å². The molecule has 5 nitrogen and oxygen atoms in total. The van der Waals surface area contributed by atoms with E-state index in [1.165, 1.54) is 6.07 Å². The van der Waals surface area contributed by atoms with E-state index in [-0.39, 0.29) is 24.0 Å². The largest absolute Gasteiger partial charge is 0.478 e. The Balaban J connectivity index is 1.92. The molecule has 0 saturated carbocycles. The summed E-state index contributed by atoms with van der Waals surface area (Å²) in [4.78, 5) is 25.3. The van der Waals surface area contributed by atoms with Crippen molar-refractivity contribution in [3.63, 3.8) is 0 Å². The SMILES string of the molecule is CC(C)COC1CCN(C(=O)Cc2ccccc2C(=O)O)C1. The third kappa shape index (κ3) is 4.31. The predicted octanol–water partition coefficient (Wildman–Crippen LogP) is 2.20. The molecule has 0 aliphatic carbocycles. The van der Waals surface area contributed by atoms with Crippen molar-refractivity contribution in [3.8, 4) is 0 Å². The van der Waals surface area contributed by atoms with Gasteiger partial charge in [-0.3, -0.25) is 4.79 Å². The highest BCUT2D eigenvalue weighted by Crippen LogP contribution is 2.17. The first kappa shape index (κ1) is 16.5. The van der Waals surface area contributed by atoms with Crippen molar-refractivity contribution in [2.24, 2.45) is 5.92 Å². The third-order valence-electron chi connectivity index (χ3n) is 3.75. The van der Waals surface area contributed by atoms with E-state index in [9.17, 15) is 9.59 Å². The van der Waals surface area contributed by atoms with Gasteiger partial charge in [0, 0.05) is 19.7 Å². The van der Waals surface area contributed by atoms with E-state index in [1.807, 2.05) is 0 Å². The molecular weight excluding hydrogens is 282 g/mol. The van der Waals surface area contributed by atoms with Crippen LogP contribution in [-0.2, 0) is 16.0 Å². The number of amides is 1. The lowest BCUT2D eigenvalue weighted by Crippen LogP contribution is -2.32. The number of aromatic carboxylic acids is 1. The monoisotopic (exact) mass is 305 g/mol. The summed E-state index contributed by atoms with van der Waals surface area (Å²) < 4.78 is 5.77. The molecule has 1 aliphatic rings. The lowest BCUT2D eigenvalue weighted by atomic mass is 10.0. The first-order chi connectivity index (χ1) is 10.5. The van der Waals surface area contributed by atoms with Crippen LogP contribution in [0, 0.1) is 5.92 Å². The molecule has 1 unspecified atom stereocenters. The molecule has 0 spiro atoms. The van der Waals surface area contributed by atoms with Crippen LogP contribution in [0.15, 0.2) is 24.3 Å². The molecule has 1 saturated heterocycles. The van der Waals surface area contributed by atoms with Gasteiger partial charge in [0.05, 0.1) is 18.1 Å². The maximum absolute atomic E-state index is 12.4. The second-order valence-corrected chi connectivity index (χ2v) is 6.12. The number of carboxylic acid groups (broad SMARTS) is 1. The fourth-order valence-corrected chi connectivity index (χ4v) is 2.58. The van der Waals surface area contributed by atoms with Gasteiger partial charge in [-0.15, -0.1) is 0 Å². The van der Waals surface area contributed by atoms with E-state index in [2.05, 4.69) is 13.8 Å². The van der Waals surface area contributed by atoms with Gasteiger partial charge in [0.1, 0.15) is 0 Å². The maximum Gasteiger partial charge on any atom is 0.335 e. The van der Waals surface area contributed by atoms with Crippen molar-refractivity contribution >= 4 is 11.9 Å². The molecule has 0 radical (unpaired) electrons. The van der Waals surface area contributed by atoms with Crippen LogP contribution in [0.25, 0.3) is 0 Å². The fourth-order valence-electron chi connectivity index (χ4n) is 2.58. The summed E-state index contributed by atoms with van der Waals surface area (Å²) in [6, 6.07) is 6.66. The number of carbonyl (C=O) groups is 2. The van der Waals surface area contributed by atoms with Crippen molar-refractivity contribution < 1.29 is 19.4 Å². The highest BCUT2D eigenvalue weighted by Gasteiger charge is 2.27. The molecule has 1 fully saturated rings. The van der Waals surface area contributed by atoms with Gasteiger partial charge in [-0.1, -0.05) is 32.0 Å². The van der Waals surface area contributed by atoms with E-state index >= 15 is 0 Å². The summed E-state index contributed by atoms with van der Waals surface area (Å²) >= 11 is 0. The van der Waals surface area contributed by atoms with Gasteiger partial charge in [0.15, 0.2) is 0 Å². The number of ether oxygens (including phenoxy) is 1. The van der Waals surface area contributed by atoms with E-state index in [0.29, 0.717) is 31.2 Å². The molecule has 1 N–H and O–H groups in total. The van der Waals surface area contributed by atoms with Crippen LogP contribution in [0.1, 0.15) is 36.2 Å². The van der Waals surface area contributed by atoms with Crippen LogP contribution in [0.5, 0.6) is 0 Å². The van der Waals surface area contributed by atoms with Gasteiger partial charge in [-0.05, 0) is 24.0 Å². The van der Waals surface area contributed by atoms with E-state index < -0.39 is 5.97 Å². The van der Waals surface area contributed by atoms with E-state index in [4.69, 9.17) is 9.84 Å². The summed E-state index contributed by atoms with van der Waals surface area (Å²) in [7, 11) is 0. The number of carboxylic acids is 1. The molecule has 1 heterocycles. The zero-order valence-corrected chi connectivity index (χ0v) is 13.1. The number of benzene rings is 1. The molecular formula is C17H23NO4. The number of hydrogen-bond donors (Lipinski definition) is 1. The van der Waals surface area contributed by atoms with Crippen molar-refractivity contribution in [2.75, 3.05) is 19.7 Å². The number of rotatable bonds is 6. The van der Waals surface area contributed by atoms with Crippen LogP contribution in [-0.4, -0.2) is 47.7 Å². The Kier molecular flexibility index (Phi) is 5.55. The predicted molar refractivity (Wildman–Crippen MR) is 82.9 cm³/mol. The Morgan fingerprint density at radius 3 is 2.77 bits per heavy atom. The Morgan fingerprint density at radius 1 is 1.36 bits per heavy atom. The highest BCUT2D eigenvalue weighted by molar-refractivity contribution is 5.91. The van der Waals surface area contributed by atoms with Crippen LogP contribution in [0.3, 0.4) is 0 Å². The van der Waals surface area contributed by atoms with Crippen LogP contribution >= 0.6 is 0 Å². The van der Waals surface area contributed by atoms with Gasteiger partial charge in [-0.25, -0.2) is 4.79 Å². The molecule has 2 rings (SSSR count). The molecule has 0 aromatic heterocycles. The molecule has 1 aromatic rings. The first-order valence-electron chi connectivity index (χ1n) is 7.68. The zero-order chi connectivity index (χ0) is 16.1. The van der Waals surface area contributed by atoms with Gasteiger partial charge in [-0.2, -0.15) is 0 Å². The molecule has 120 valence electrons. The molecule has 1 aliphatic heterocycles. The molecule has 5 heteroatoms. The average molecular weight is 305 g/mol. The minimum atomic E-state index is -0.997. The Bertz CT molecular complexity index is 541.